The van der Waals surface area contributed by atoms with Crippen LogP contribution in [0.15, 0.2) is 89.7 Å². The first kappa shape index (κ1) is 15.6. The summed E-state index contributed by atoms with van der Waals surface area (Å²) in [6.07, 6.45) is -2.41. The van der Waals surface area contributed by atoms with E-state index in [2.05, 4.69) is 6.07 Å². The van der Waals surface area contributed by atoms with Gasteiger partial charge in [0.1, 0.15) is 6.41 Å². The normalized spacial score (nSPS) is 10.8. The molecule has 23 heavy (non-hydrogen) atoms. The first-order chi connectivity index (χ1) is 11.2. The minimum atomic E-state index is -2.41. The van der Waals surface area contributed by atoms with E-state index in [1.807, 2.05) is 72.8 Å². The number of hydrogen-bond donors (Lipinski definition) is 0. The van der Waals surface area contributed by atoms with Gasteiger partial charge in [-0.15, -0.1) is 0 Å². The molecule has 2 nitrogen and oxygen atoms in total. The van der Waals surface area contributed by atoms with E-state index in [0.717, 1.165) is 16.3 Å². The Morgan fingerprint density at radius 2 is 1.22 bits per heavy atom. The highest BCUT2D eigenvalue weighted by atomic mass is 35.7. The van der Waals surface area contributed by atoms with Crippen LogP contribution in [0.25, 0.3) is 0 Å². The summed E-state index contributed by atoms with van der Waals surface area (Å²) in [4.78, 5) is 0. The van der Waals surface area contributed by atoms with E-state index < -0.39 is 6.41 Å². The molecule has 0 spiro atoms. The van der Waals surface area contributed by atoms with Gasteiger partial charge in [-0.05, 0) is 24.3 Å². The van der Waals surface area contributed by atoms with Crippen LogP contribution in [-0.4, -0.2) is 0 Å². The highest BCUT2D eigenvalue weighted by Gasteiger charge is 2.21. The summed E-state index contributed by atoms with van der Waals surface area (Å²) >= 11 is 7.08. The fourth-order valence-corrected chi connectivity index (χ4v) is 5.33. The van der Waals surface area contributed by atoms with Crippen molar-refractivity contribution in [3.8, 4) is 6.07 Å². The van der Waals surface area contributed by atoms with Crippen molar-refractivity contribution in [2.45, 2.75) is 0 Å². The largest absolute Gasteiger partial charge is 0.243 e. The zero-order valence-corrected chi connectivity index (χ0v) is 14.0. The Balaban J connectivity index is 2.20. The zero-order chi connectivity index (χ0) is 16.1. The Morgan fingerprint density at radius 3 is 1.65 bits per heavy atom. The van der Waals surface area contributed by atoms with Crippen LogP contribution in [0.5, 0.6) is 0 Å². The third kappa shape index (κ3) is 3.37. The van der Waals surface area contributed by atoms with Gasteiger partial charge in [-0.1, -0.05) is 71.9 Å². The Bertz CT molecular complexity index is 839. The maximum Gasteiger partial charge on any atom is 0.116 e. The van der Waals surface area contributed by atoms with E-state index in [1.165, 1.54) is 0 Å². The van der Waals surface area contributed by atoms with Gasteiger partial charge in [0.15, 0.2) is 0 Å². The maximum absolute atomic E-state index is 8.92. The van der Waals surface area contributed by atoms with Gasteiger partial charge >= 0.3 is 0 Å². The molecule has 4 heteroatoms. The highest BCUT2D eigenvalue weighted by molar-refractivity contribution is 8.02. The molecule has 0 amide bonds. The standard InChI is InChI=1S/C19H14ClN2P/c20-23(18-7-3-1-4-8-18,19-9-5-2-6-10-19)22-17-13-11-16(15-21)12-14-17/h1-14H. The van der Waals surface area contributed by atoms with Crippen LogP contribution in [-0.2, 0) is 0 Å². The second-order valence-corrected chi connectivity index (χ2v) is 8.80. The topological polar surface area (TPSA) is 36.1 Å². The molecule has 0 aliphatic rings. The SMILES string of the molecule is N#Cc1ccc(N=P(Cl)(c2ccccc2)c2ccccc2)cc1. The first-order valence-corrected chi connectivity index (χ1v) is 9.80. The Labute approximate surface area is 140 Å². The van der Waals surface area contributed by atoms with Gasteiger partial charge in [0, 0.05) is 10.6 Å². The number of nitrogens with zero attached hydrogens (tertiary/aromatic N) is 2. The number of rotatable bonds is 3. The molecule has 0 bridgehead atoms. The monoisotopic (exact) mass is 336 g/mol. The Morgan fingerprint density at radius 1 is 0.739 bits per heavy atom. The smallest absolute Gasteiger partial charge is 0.116 e. The van der Waals surface area contributed by atoms with Gasteiger partial charge in [-0.2, -0.15) is 5.26 Å². The number of nitriles is 1. The van der Waals surface area contributed by atoms with E-state index >= 15 is 0 Å². The molecule has 0 saturated carbocycles. The van der Waals surface area contributed by atoms with Crippen LogP contribution in [0.2, 0.25) is 0 Å². The van der Waals surface area contributed by atoms with Crippen molar-refractivity contribution in [3.63, 3.8) is 0 Å². The van der Waals surface area contributed by atoms with Gasteiger partial charge in [-0.3, -0.25) is 0 Å². The molecule has 3 aromatic rings. The van der Waals surface area contributed by atoms with Crippen molar-refractivity contribution in [2.24, 2.45) is 4.74 Å². The van der Waals surface area contributed by atoms with E-state index in [1.54, 1.807) is 12.1 Å². The highest BCUT2D eigenvalue weighted by Crippen LogP contribution is 2.54. The van der Waals surface area contributed by atoms with Crippen molar-refractivity contribution in [3.05, 3.63) is 90.5 Å². The van der Waals surface area contributed by atoms with Gasteiger partial charge in [-0.25, -0.2) is 4.74 Å². The third-order valence-electron chi connectivity index (χ3n) is 3.45. The molecule has 0 fully saturated rings. The number of benzene rings is 3. The van der Waals surface area contributed by atoms with Gasteiger partial charge in [0.05, 0.1) is 17.3 Å². The molecular formula is C19H14ClN2P. The van der Waals surface area contributed by atoms with E-state index in [-0.39, 0.29) is 0 Å². The molecule has 0 radical (unpaired) electrons. The van der Waals surface area contributed by atoms with Gasteiger partial charge in [0.2, 0.25) is 0 Å². The molecule has 0 unspecified atom stereocenters. The summed E-state index contributed by atoms with van der Waals surface area (Å²) in [7, 11) is 0. The minimum Gasteiger partial charge on any atom is -0.243 e. The van der Waals surface area contributed by atoms with Crippen molar-refractivity contribution >= 4 is 33.9 Å². The zero-order valence-electron chi connectivity index (χ0n) is 12.3. The number of halogens is 1. The average molecular weight is 337 g/mol. The minimum absolute atomic E-state index is 0.613. The van der Waals surface area contributed by atoms with Crippen LogP contribution < -0.4 is 10.6 Å². The second-order valence-electron chi connectivity index (χ2n) is 4.99. The van der Waals surface area contributed by atoms with Gasteiger partial charge in [0.25, 0.3) is 0 Å². The molecular weight excluding hydrogens is 323 g/mol. The lowest BCUT2D eigenvalue weighted by molar-refractivity contribution is 1.47. The van der Waals surface area contributed by atoms with Crippen molar-refractivity contribution in [2.75, 3.05) is 0 Å². The van der Waals surface area contributed by atoms with Crippen LogP contribution in [0, 0.1) is 11.3 Å². The molecule has 0 N–H and O–H groups in total. The lowest BCUT2D eigenvalue weighted by Crippen LogP contribution is -2.11. The lowest BCUT2D eigenvalue weighted by Gasteiger charge is -2.18. The molecule has 0 aliphatic heterocycles. The molecule has 0 atom stereocenters. The van der Waals surface area contributed by atoms with Crippen molar-refractivity contribution in [1.29, 1.82) is 5.26 Å². The van der Waals surface area contributed by atoms with E-state index in [9.17, 15) is 0 Å². The maximum atomic E-state index is 8.92. The molecule has 112 valence electrons. The fourth-order valence-electron chi connectivity index (χ4n) is 2.28. The van der Waals surface area contributed by atoms with Gasteiger partial charge < -0.3 is 0 Å². The van der Waals surface area contributed by atoms with Crippen molar-refractivity contribution < 1.29 is 0 Å². The van der Waals surface area contributed by atoms with E-state index in [0.29, 0.717) is 5.56 Å². The van der Waals surface area contributed by atoms with Crippen molar-refractivity contribution in [1.82, 2.24) is 0 Å². The summed E-state index contributed by atoms with van der Waals surface area (Å²) in [5.74, 6) is 0. The van der Waals surface area contributed by atoms with Crippen LogP contribution >= 0.6 is 17.6 Å². The molecule has 0 aromatic heterocycles. The van der Waals surface area contributed by atoms with Crippen LogP contribution in [0.3, 0.4) is 0 Å². The molecule has 0 heterocycles. The fraction of sp³-hybridized carbons (Fsp3) is 0. The Kier molecular flexibility index (Phi) is 4.63. The van der Waals surface area contributed by atoms with E-state index in [4.69, 9.17) is 21.2 Å². The predicted molar refractivity (Wildman–Crippen MR) is 98.2 cm³/mol. The second kappa shape index (κ2) is 6.84. The molecule has 0 aliphatic carbocycles. The lowest BCUT2D eigenvalue weighted by atomic mass is 10.2. The summed E-state index contributed by atoms with van der Waals surface area (Å²) in [6.45, 7) is 0. The number of hydrogen-bond acceptors (Lipinski definition) is 2. The average Bonchev–Trinajstić information content (AvgIpc) is 2.64. The molecule has 0 saturated heterocycles. The summed E-state index contributed by atoms with van der Waals surface area (Å²) in [5, 5.41) is 10.9. The molecule has 3 aromatic carbocycles. The van der Waals surface area contributed by atoms with Crippen LogP contribution in [0.4, 0.5) is 5.69 Å². The summed E-state index contributed by atoms with van der Waals surface area (Å²) in [6, 6.07) is 29.2. The predicted octanol–water partition coefficient (Wildman–Crippen LogP) is 5.20. The molecule has 3 rings (SSSR count). The quantitative estimate of drug-likeness (QED) is 0.606. The first-order valence-electron chi connectivity index (χ1n) is 7.16. The Hall–Kier alpha value is -2.33. The summed E-state index contributed by atoms with van der Waals surface area (Å²) < 4.78 is 4.87. The third-order valence-corrected chi connectivity index (χ3v) is 7.32. The van der Waals surface area contributed by atoms with Crippen LogP contribution in [0.1, 0.15) is 5.56 Å². The summed E-state index contributed by atoms with van der Waals surface area (Å²) in [5.41, 5.74) is 1.39.